The van der Waals surface area contributed by atoms with Crippen molar-refractivity contribution in [3.05, 3.63) is 47.9 Å². The second-order valence-corrected chi connectivity index (χ2v) is 7.23. The Morgan fingerprint density at radius 2 is 2.06 bits per heavy atom. The highest BCUT2D eigenvalue weighted by Gasteiger charge is 2.21. The van der Waals surface area contributed by atoms with Crippen LogP contribution in [0.5, 0.6) is 5.75 Å². The van der Waals surface area contributed by atoms with Crippen LogP contribution in [0.1, 0.15) is 18.0 Å². The zero-order chi connectivity index (χ0) is 23.4. The topological polar surface area (TPSA) is 96.6 Å². The van der Waals surface area contributed by atoms with Crippen molar-refractivity contribution in [2.24, 2.45) is 0 Å². The number of nitrogens with zero attached hydrogens (tertiary/aromatic N) is 5. The summed E-state index contributed by atoms with van der Waals surface area (Å²) in [5.74, 6) is -0.989. The van der Waals surface area contributed by atoms with E-state index >= 15 is 0 Å². The van der Waals surface area contributed by atoms with Crippen LogP contribution in [0.2, 0.25) is 0 Å². The van der Waals surface area contributed by atoms with E-state index in [-0.39, 0.29) is 18.1 Å². The number of halogens is 3. The zero-order valence-electron chi connectivity index (χ0n) is 17.7. The maximum atomic E-state index is 14.9. The van der Waals surface area contributed by atoms with E-state index in [1.165, 1.54) is 24.3 Å². The number of pyridine rings is 1. The number of alkyl halides is 2. The molecule has 3 heterocycles. The summed E-state index contributed by atoms with van der Waals surface area (Å²) in [5.41, 5.74) is 1.48. The molecule has 9 nitrogen and oxygen atoms in total. The largest absolute Gasteiger partial charge is 0.494 e. The molecular weight excluding hydrogens is 441 g/mol. The molecule has 1 N–H and O–H groups in total. The second kappa shape index (κ2) is 9.86. The molecule has 1 saturated heterocycles. The highest BCUT2D eigenvalue weighted by atomic mass is 19.3. The first kappa shape index (κ1) is 22.5. The van der Waals surface area contributed by atoms with Crippen LogP contribution in [0, 0.1) is 5.82 Å². The Bertz CT molecular complexity index is 1100. The van der Waals surface area contributed by atoms with Crippen LogP contribution in [0.25, 0.3) is 11.5 Å². The summed E-state index contributed by atoms with van der Waals surface area (Å²) in [5, 5.41) is 10.1. The highest BCUT2D eigenvalue weighted by Crippen LogP contribution is 2.35. The van der Waals surface area contributed by atoms with Crippen molar-refractivity contribution in [1.29, 1.82) is 0 Å². The summed E-state index contributed by atoms with van der Waals surface area (Å²) >= 11 is 0. The van der Waals surface area contributed by atoms with Gasteiger partial charge in [-0.05, 0) is 12.1 Å². The molecule has 174 valence electrons. The monoisotopic (exact) mass is 462 g/mol. The first-order chi connectivity index (χ1) is 16.0. The van der Waals surface area contributed by atoms with Crippen molar-refractivity contribution in [3.63, 3.8) is 0 Å². The third-order valence-electron chi connectivity index (χ3n) is 5.17. The fourth-order valence-electron chi connectivity index (χ4n) is 3.51. The van der Waals surface area contributed by atoms with Crippen molar-refractivity contribution in [2.75, 3.05) is 43.1 Å². The van der Waals surface area contributed by atoms with Crippen molar-refractivity contribution in [1.82, 2.24) is 20.5 Å². The van der Waals surface area contributed by atoms with Gasteiger partial charge in [0.1, 0.15) is 11.6 Å². The minimum absolute atomic E-state index is 0.0265. The Kier molecular flexibility index (Phi) is 6.73. The normalized spacial score (nSPS) is 13.9. The molecule has 1 aliphatic heterocycles. The average Bonchev–Trinajstić information content (AvgIpc) is 3.34. The molecule has 1 amide bonds. The van der Waals surface area contributed by atoms with Gasteiger partial charge in [0.2, 0.25) is 12.3 Å². The number of carbonyl (C=O) groups excluding carboxylic acids is 1. The number of nitrogens with one attached hydrogen (secondary N) is 1. The van der Waals surface area contributed by atoms with Crippen molar-refractivity contribution < 1.29 is 27.1 Å². The highest BCUT2D eigenvalue weighted by molar-refractivity contribution is 5.80. The second-order valence-electron chi connectivity index (χ2n) is 7.23. The van der Waals surface area contributed by atoms with Gasteiger partial charge in [-0.3, -0.25) is 9.78 Å². The van der Waals surface area contributed by atoms with Crippen LogP contribution >= 0.6 is 0 Å². The quantitative estimate of drug-likeness (QED) is 0.511. The van der Waals surface area contributed by atoms with Crippen LogP contribution in [-0.4, -0.2) is 54.9 Å². The molecule has 1 aromatic carbocycles. The third-order valence-corrected chi connectivity index (χ3v) is 5.17. The van der Waals surface area contributed by atoms with Crippen LogP contribution < -0.4 is 19.9 Å². The third kappa shape index (κ3) is 4.90. The van der Waals surface area contributed by atoms with E-state index in [0.717, 1.165) is 13.1 Å². The van der Waals surface area contributed by atoms with Crippen LogP contribution in [0.3, 0.4) is 0 Å². The number of rotatable bonds is 8. The molecule has 0 radical (unpaired) electrons. The molecule has 0 bridgehead atoms. The number of ether oxygens (including phenoxy) is 1. The van der Waals surface area contributed by atoms with E-state index in [1.807, 2.05) is 4.90 Å². The summed E-state index contributed by atoms with van der Waals surface area (Å²) in [7, 11) is 1.45. The number of piperazine rings is 1. The summed E-state index contributed by atoms with van der Waals surface area (Å²) in [4.78, 5) is 19.2. The van der Waals surface area contributed by atoms with Crippen molar-refractivity contribution in [3.8, 4) is 17.2 Å². The number of carbonyl (C=O) groups is 1. The Hall–Kier alpha value is -3.67. The molecule has 1 aliphatic rings. The molecule has 33 heavy (non-hydrogen) atoms. The lowest BCUT2D eigenvalue weighted by Crippen LogP contribution is -2.43. The molecule has 0 unspecified atom stereocenters. The Balaban J connectivity index is 1.54. The predicted octanol–water partition coefficient (Wildman–Crippen LogP) is 2.79. The Morgan fingerprint density at radius 1 is 1.27 bits per heavy atom. The number of hydrogen-bond acceptors (Lipinski definition) is 8. The number of anilines is 2. The molecule has 0 saturated carbocycles. The Labute approximate surface area is 187 Å². The summed E-state index contributed by atoms with van der Waals surface area (Å²) in [6, 6.07) is 5.98. The maximum Gasteiger partial charge on any atom is 0.314 e. The van der Waals surface area contributed by atoms with Gasteiger partial charge in [0.15, 0.2) is 0 Å². The van der Waals surface area contributed by atoms with Crippen molar-refractivity contribution in [2.45, 2.75) is 13.0 Å². The van der Waals surface area contributed by atoms with Crippen LogP contribution in [0.15, 0.2) is 34.9 Å². The van der Waals surface area contributed by atoms with Crippen molar-refractivity contribution >= 4 is 17.8 Å². The molecular formula is C21H21F3N6O3. The van der Waals surface area contributed by atoms with E-state index in [2.05, 4.69) is 20.5 Å². The lowest BCUT2D eigenvalue weighted by atomic mass is 10.2. The fraction of sp³-hybridized carbons (Fsp3) is 0.333. The van der Waals surface area contributed by atoms with E-state index in [1.54, 1.807) is 18.2 Å². The summed E-state index contributed by atoms with van der Waals surface area (Å²) in [6.45, 7) is 2.84. The first-order valence-electron chi connectivity index (χ1n) is 10.1. The minimum Gasteiger partial charge on any atom is -0.494 e. The Morgan fingerprint density at radius 3 is 2.67 bits per heavy atom. The molecule has 3 aromatic rings. The van der Waals surface area contributed by atoms with Gasteiger partial charge in [-0.1, -0.05) is 0 Å². The predicted molar refractivity (Wildman–Crippen MR) is 113 cm³/mol. The summed E-state index contributed by atoms with van der Waals surface area (Å²) in [6.07, 6.45) is -0.940. The molecule has 1 fully saturated rings. The number of amides is 1. The molecule has 0 atom stereocenters. The molecule has 0 spiro atoms. The molecule has 0 aliphatic carbocycles. The minimum atomic E-state index is -2.87. The van der Waals surface area contributed by atoms with E-state index in [0.29, 0.717) is 42.2 Å². The lowest BCUT2D eigenvalue weighted by Gasteiger charge is -2.31. The average molecular weight is 462 g/mol. The molecule has 4 rings (SSSR count). The van der Waals surface area contributed by atoms with Crippen LogP contribution in [-0.2, 0) is 11.3 Å². The van der Waals surface area contributed by atoms with Gasteiger partial charge in [0, 0.05) is 44.5 Å². The van der Waals surface area contributed by atoms with Gasteiger partial charge in [-0.25, -0.2) is 4.39 Å². The van der Waals surface area contributed by atoms with E-state index < -0.39 is 18.1 Å². The number of benzene rings is 1. The zero-order valence-corrected chi connectivity index (χ0v) is 17.7. The van der Waals surface area contributed by atoms with Gasteiger partial charge in [-0.2, -0.15) is 8.78 Å². The maximum absolute atomic E-state index is 14.9. The first-order valence-corrected chi connectivity index (χ1v) is 10.1. The number of methoxy groups -OCH3 is 1. The van der Waals surface area contributed by atoms with Gasteiger partial charge in [0.05, 0.1) is 36.3 Å². The number of aromatic nitrogens is 3. The summed E-state index contributed by atoms with van der Waals surface area (Å²) < 4.78 is 50.5. The van der Waals surface area contributed by atoms with Gasteiger partial charge in [-0.15, -0.1) is 10.2 Å². The SMILES string of the molecule is COc1cc(N2CCNCC2)c(F)cc1N(C=O)Cc1ccc(-c2nnc(C(F)F)o2)cn1. The lowest BCUT2D eigenvalue weighted by molar-refractivity contribution is -0.107. The van der Waals surface area contributed by atoms with Gasteiger partial charge >= 0.3 is 6.43 Å². The fourth-order valence-corrected chi connectivity index (χ4v) is 3.51. The van der Waals surface area contributed by atoms with E-state index in [9.17, 15) is 18.0 Å². The van der Waals surface area contributed by atoms with Crippen LogP contribution in [0.4, 0.5) is 24.5 Å². The smallest absolute Gasteiger partial charge is 0.314 e. The number of hydrogen-bond donors (Lipinski definition) is 1. The standard InChI is InChI=1S/C21H21F3N6O3/c1-32-18-9-16(29-6-4-25-5-7-29)15(22)8-17(18)30(12-31)11-14-3-2-13(10-26-14)20-27-28-21(33-20)19(23)24/h2-3,8-10,12,19,25H,4-7,11H2,1H3. The molecule has 2 aromatic heterocycles. The molecule has 12 heteroatoms. The van der Waals surface area contributed by atoms with E-state index in [4.69, 9.17) is 9.15 Å². The van der Waals surface area contributed by atoms with Gasteiger partial charge < -0.3 is 24.3 Å². The van der Waals surface area contributed by atoms with Gasteiger partial charge in [0.25, 0.3) is 5.89 Å².